The number of nitrogens with zero attached hydrogens (tertiary/aromatic N) is 1. The lowest BCUT2D eigenvalue weighted by Gasteiger charge is -1.78. The third-order valence-corrected chi connectivity index (χ3v) is 2.22. The van der Waals surface area contributed by atoms with E-state index in [4.69, 9.17) is 5.73 Å². The van der Waals surface area contributed by atoms with Crippen LogP contribution in [0.2, 0.25) is 0 Å². The molecule has 0 atom stereocenters. The van der Waals surface area contributed by atoms with Gasteiger partial charge in [0.15, 0.2) is 5.13 Å². The van der Waals surface area contributed by atoms with E-state index in [1.165, 1.54) is 4.88 Å². The average molecular weight is 138 g/mol. The molecule has 0 fully saturated rings. The van der Waals surface area contributed by atoms with Gasteiger partial charge in [0.2, 0.25) is 0 Å². The number of anilines is 1. The van der Waals surface area contributed by atoms with Gasteiger partial charge in [-0.15, -0.1) is 0 Å². The van der Waals surface area contributed by atoms with Gasteiger partial charge in [0, 0.05) is 6.42 Å². The zero-order valence-electron chi connectivity index (χ0n) is 4.79. The summed E-state index contributed by atoms with van der Waals surface area (Å²) in [5, 5.41) is 0.685. The summed E-state index contributed by atoms with van der Waals surface area (Å²) in [6.07, 6.45) is 5.14. The minimum Gasteiger partial charge on any atom is -0.375 e. The van der Waals surface area contributed by atoms with E-state index in [1.54, 1.807) is 11.3 Å². The number of nitrogen functional groups attached to an aromatic ring is 1. The molecular formula is C6H6N2S. The standard InChI is InChI=1S/C6H6N2S/c7-6-8-4-2-1-3-5(4)9-6/h1,3H,2H2,(H2,7,8). The first kappa shape index (κ1) is 4.99. The predicted octanol–water partition coefficient (Wildman–Crippen LogP) is 1.29. The maximum atomic E-state index is 5.46. The maximum Gasteiger partial charge on any atom is 0.180 e. The molecule has 0 aliphatic heterocycles. The summed E-state index contributed by atoms with van der Waals surface area (Å²) in [5.74, 6) is 0. The molecule has 2 N–H and O–H groups in total. The summed E-state index contributed by atoms with van der Waals surface area (Å²) < 4.78 is 0. The van der Waals surface area contributed by atoms with E-state index in [9.17, 15) is 0 Å². The van der Waals surface area contributed by atoms with Crippen LogP contribution in [0.25, 0.3) is 6.08 Å². The van der Waals surface area contributed by atoms with Crippen molar-refractivity contribution in [2.24, 2.45) is 0 Å². The molecule has 1 aromatic heterocycles. The van der Waals surface area contributed by atoms with Gasteiger partial charge in [-0.25, -0.2) is 4.98 Å². The van der Waals surface area contributed by atoms with E-state index in [2.05, 4.69) is 17.1 Å². The lowest BCUT2D eigenvalue weighted by molar-refractivity contribution is 1.18. The molecule has 1 aliphatic rings. The Hall–Kier alpha value is -0.830. The molecule has 0 aromatic carbocycles. The fourth-order valence-electron chi connectivity index (χ4n) is 0.937. The van der Waals surface area contributed by atoms with E-state index in [1.807, 2.05) is 0 Å². The highest BCUT2D eigenvalue weighted by atomic mass is 32.1. The van der Waals surface area contributed by atoms with E-state index in [-0.39, 0.29) is 0 Å². The van der Waals surface area contributed by atoms with Crippen LogP contribution in [0.1, 0.15) is 10.6 Å². The molecule has 2 nitrogen and oxygen atoms in total. The van der Waals surface area contributed by atoms with Crippen LogP contribution in [0, 0.1) is 0 Å². The van der Waals surface area contributed by atoms with Crippen LogP contribution in [0.3, 0.4) is 0 Å². The largest absolute Gasteiger partial charge is 0.375 e. The molecule has 1 aromatic rings. The molecule has 0 radical (unpaired) electrons. The Balaban J connectivity index is 2.61. The maximum absolute atomic E-state index is 5.46. The molecule has 2 rings (SSSR count). The first-order chi connectivity index (χ1) is 4.36. The Labute approximate surface area is 57.0 Å². The smallest absolute Gasteiger partial charge is 0.180 e. The third kappa shape index (κ3) is 0.650. The van der Waals surface area contributed by atoms with Crippen LogP contribution < -0.4 is 5.73 Å². The molecule has 1 aliphatic carbocycles. The molecule has 0 unspecified atom stereocenters. The Morgan fingerprint density at radius 2 is 2.56 bits per heavy atom. The highest BCUT2D eigenvalue weighted by molar-refractivity contribution is 7.16. The van der Waals surface area contributed by atoms with Crippen molar-refractivity contribution in [3.8, 4) is 0 Å². The minimum absolute atomic E-state index is 0.685. The summed E-state index contributed by atoms with van der Waals surface area (Å²) in [7, 11) is 0. The van der Waals surface area contributed by atoms with Crippen LogP contribution in [0.5, 0.6) is 0 Å². The van der Waals surface area contributed by atoms with Crippen molar-refractivity contribution in [2.45, 2.75) is 6.42 Å². The van der Waals surface area contributed by atoms with Gasteiger partial charge in [-0.2, -0.15) is 0 Å². The van der Waals surface area contributed by atoms with E-state index >= 15 is 0 Å². The van der Waals surface area contributed by atoms with Gasteiger partial charge in [0.1, 0.15) is 0 Å². The SMILES string of the molecule is Nc1nc2c(s1)C=CC2. The fourth-order valence-corrected chi connectivity index (χ4v) is 1.73. The minimum atomic E-state index is 0.685. The molecular weight excluding hydrogens is 132 g/mol. The number of hydrogen-bond acceptors (Lipinski definition) is 3. The zero-order chi connectivity index (χ0) is 6.27. The zero-order valence-corrected chi connectivity index (χ0v) is 5.61. The number of allylic oxidation sites excluding steroid dienone is 1. The predicted molar refractivity (Wildman–Crippen MR) is 39.3 cm³/mol. The fraction of sp³-hybridized carbons (Fsp3) is 0.167. The van der Waals surface area contributed by atoms with Crippen molar-refractivity contribution in [3.63, 3.8) is 0 Å². The molecule has 0 spiro atoms. The number of rotatable bonds is 0. The monoisotopic (exact) mass is 138 g/mol. The molecule has 0 amide bonds. The summed E-state index contributed by atoms with van der Waals surface area (Å²) in [4.78, 5) is 5.35. The second-order valence-electron chi connectivity index (χ2n) is 1.97. The van der Waals surface area contributed by atoms with Gasteiger partial charge in [0.25, 0.3) is 0 Å². The van der Waals surface area contributed by atoms with Gasteiger partial charge >= 0.3 is 0 Å². The lowest BCUT2D eigenvalue weighted by atomic mass is 10.4. The third-order valence-electron chi connectivity index (χ3n) is 1.32. The quantitative estimate of drug-likeness (QED) is 0.586. The Morgan fingerprint density at radius 3 is 3.33 bits per heavy atom. The number of fused-ring (bicyclic) bond motifs is 1. The van der Waals surface area contributed by atoms with Gasteiger partial charge in [0.05, 0.1) is 10.6 Å². The summed E-state index contributed by atoms with van der Waals surface area (Å²) >= 11 is 1.56. The molecule has 46 valence electrons. The Kier molecular flexibility index (Phi) is 0.873. The van der Waals surface area contributed by atoms with Gasteiger partial charge in [-0.05, 0) is 6.08 Å². The highest BCUT2D eigenvalue weighted by Gasteiger charge is 2.08. The first-order valence-corrected chi connectivity index (χ1v) is 3.59. The van der Waals surface area contributed by atoms with E-state index in [0.717, 1.165) is 12.1 Å². The highest BCUT2D eigenvalue weighted by Crippen LogP contribution is 2.26. The molecule has 0 saturated heterocycles. The van der Waals surface area contributed by atoms with Crippen molar-refractivity contribution < 1.29 is 0 Å². The van der Waals surface area contributed by atoms with Crippen LogP contribution >= 0.6 is 11.3 Å². The number of aromatic nitrogens is 1. The van der Waals surface area contributed by atoms with Crippen molar-refractivity contribution >= 4 is 22.5 Å². The molecule has 1 heterocycles. The Morgan fingerprint density at radius 1 is 1.67 bits per heavy atom. The normalized spacial score (nSPS) is 14.2. The van der Waals surface area contributed by atoms with E-state index in [0.29, 0.717) is 5.13 Å². The Bertz CT molecular complexity index is 262. The molecule has 0 bridgehead atoms. The van der Waals surface area contributed by atoms with Crippen LogP contribution in [0.4, 0.5) is 5.13 Å². The number of thiazole rings is 1. The second kappa shape index (κ2) is 1.57. The summed E-state index contributed by atoms with van der Waals surface area (Å²) in [6, 6.07) is 0. The van der Waals surface area contributed by atoms with Gasteiger partial charge < -0.3 is 5.73 Å². The van der Waals surface area contributed by atoms with Crippen LogP contribution in [-0.2, 0) is 6.42 Å². The van der Waals surface area contributed by atoms with Crippen molar-refractivity contribution in [1.82, 2.24) is 4.98 Å². The summed E-state index contributed by atoms with van der Waals surface area (Å²) in [5.41, 5.74) is 6.60. The van der Waals surface area contributed by atoms with Gasteiger partial charge in [-0.1, -0.05) is 17.4 Å². The van der Waals surface area contributed by atoms with Crippen molar-refractivity contribution in [2.75, 3.05) is 5.73 Å². The van der Waals surface area contributed by atoms with Crippen molar-refractivity contribution in [3.05, 3.63) is 16.6 Å². The molecule has 0 saturated carbocycles. The van der Waals surface area contributed by atoms with Gasteiger partial charge in [-0.3, -0.25) is 0 Å². The summed E-state index contributed by atoms with van der Waals surface area (Å²) in [6.45, 7) is 0. The molecule has 9 heavy (non-hydrogen) atoms. The van der Waals surface area contributed by atoms with E-state index < -0.39 is 0 Å². The molecule has 3 heteroatoms. The van der Waals surface area contributed by atoms with Crippen LogP contribution in [0.15, 0.2) is 6.08 Å². The number of nitrogens with two attached hydrogens (primary N) is 1. The number of hydrogen-bond donors (Lipinski definition) is 1. The van der Waals surface area contributed by atoms with Crippen molar-refractivity contribution in [1.29, 1.82) is 0 Å². The van der Waals surface area contributed by atoms with Crippen LogP contribution in [-0.4, -0.2) is 4.98 Å². The average Bonchev–Trinajstić information content (AvgIpc) is 2.22. The topological polar surface area (TPSA) is 38.9 Å². The second-order valence-corrected chi connectivity index (χ2v) is 3.03. The first-order valence-electron chi connectivity index (χ1n) is 2.78. The lowest BCUT2D eigenvalue weighted by Crippen LogP contribution is -1.83.